The maximum absolute atomic E-state index is 6.61. The molecule has 108 valence electrons. The Kier molecular flexibility index (Phi) is 5.40. The molecule has 1 heterocycles. The number of hydrogen-bond donors (Lipinski definition) is 1. The molecule has 1 aromatic heterocycles. The Morgan fingerprint density at radius 1 is 1.42 bits per heavy atom. The van der Waals surface area contributed by atoms with Crippen molar-refractivity contribution in [1.82, 2.24) is 4.98 Å². The minimum Gasteiger partial charge on any atom is -0.319 e. The van der Waals surface area contributed by atoms with Crippen LogP contribution in [0.4, 0.5) is 0 Å². The number of aromatic nitrogens is 1. The zero-order valence-electron chi connectivity index (χ0n) is 12.5. The molecule has 3 heteroatoms. The highest BCUT2D eigenvalue weighted by Crippen LogP contribution is 2.39. The summed E-state index contributed by atoms with van der Waals surface area (Å²) in [5.41, 5.74) is 7.74. The molecule has 19 heavy (non-hydrogen) atoms. The molecule has 0 bridgehead atoms. The molecular formula is C16H28N2S. The molecule has 0 amide bonds. The summed E-state index contributed by atoms with van der Waals surface area (Å²) in [6.07, 6.45) is 11.2. The van der Waals surface area contributed by atoms with Crippen molar-refractivity contribution < 1.29 is 0 Å². The molecule has 1 aliphatic carbocycles. The van der Waals surface area contributed by atoms with Crippen LogP contribution in [0.2, 0.25) is 0 Å². The second kappa shape index (κ2) is 6.85. The highest BCUT2D eigenvalue weighted by atomic mass is 32.1. The summed E-state index contributed by atoms with van der Waals surface area (Å²) in [6.45, 7) is 4.57. The van der Waals surface area contributed by atoms with Gasteiger partial charge in [0.1, 0.15) is 5.01 Å². The number of aryl methyl sites for hydroxylation is 1. The van der Waals surface area contributed by atoms with Gasteiger partial charge in [-0.1, -0.05) is 46.0 Å². The molecule has 2 N–H and O–H groups in total. The van der Waals surface area contributed by atoms with Gasteiger partial charge in [-0.15, -0.1) is 11.3 Å². The van der Waals surface area contributed by atoms with Crippen molar-refractivity contribution in [2.45, 2.75) is 77.2 Å². The predicted octanol–water partition coefficient (Wildman–Crippen LogP) is 4.63. The molecule has 0 aliphatic heterocycles. The molecule has 2 unspecified atom stereocenters. The van der Waals surface area contributed by atoms with E-state index in [0.29, 0.717) is 0 Å². The number of unbranched alkanes of at least 4 members (excludes halogenated alkanes) is 3. The quantitative estimate of drug-likeness (QED) is 0.772. The molecule has 0 aromatic carbocycles. The maximum Gasteiger partial charge on any atom is 0.113 e. The van der Waals surface area contributed by atoms with Crippen LogP contribution in [0.5, 0.6) is 0 Å². The molecule has 0 saturated heterocycles. The lowest BCUT2D eigenvalue weighted by molar-refractivity contribution is 0.238. The SMILES string of the molecule is CCCCCCc1csc(C2(N)CCCC(C)C2)n1. The number of nitrogens with two attached hydrogens (primary N) is 1. The van der Waals surface area contributed by atoms with Gasteiger partial charge < -0.3 is 5.73 Å². The van der Waals surface area contributed by atoms with Crippen LogP contribution in [-0.2, 0) is 12.0 Å². The highest BCUT2D eigenvalue weighted by Gasteiger charge is 2.35. The lowest BCUT2D eigenvalue weighted by atomic mass is 9.77. The van der Waals surface area contributed by atoms with Gasteiger partial charge in [0.15, 0.2) is 0 Å². The molecular weight excluding hydrogens is 252 g/mol. The lowest BCUT2D eigenvalue weighted by Gasteiger charge is -2.35. The molecule has 2 rings (SSSR count). The average molecular weight is 280 g/mol. The Morgan fingerprint density at radius 3 is 3.00 bits per heavy atom. The van der Waals surface area contributed by atoms with E-state index in [1.807, 2.05) is 0 Å². The van der Waals surface area contributed by atoms with E-state index in [9.17, 15) is 0 Å². The van der Waals surface area contributed by atoms with Crippen LogP contribution in [0.1, 0.15) is 75.9 Å². The monoisotopic (exact) mass is 280 g/mol. The standard InChI is InChI=1S/C16H28N2S/c1-3-4-5-6-9-14-12-19-15(18-14)16(17)10-7-8-13(2)11-16/h12-13H,3-11,17H2,1-2H3. The third-order valence-corrected chi connectivity index (χ3v) is 5.41. The number of nitrogens with zero attached hydrogens (tertiary/aromatic N) is 1. The molecule has 1 aliphatic rings. The van der Waals surface area contributed by atoms with E-state index < -0.39 is 0 Å². The van der Waals surface area contributed by atoms with Crippen molar-refractivity contribution in [3.8, 4) is 0 Å². The highest BCUT2D eigenvalue weighted by molar-refractivity contribution is 7.09. The first-order valence-corrected chi connectivity index (χ1v) is 8.76. The predicted molar refractivity (Wildman–Crippen MR) is 83.5 cm³/mol. The molecule has 0 radical (unpaired) electrons. The number of rotatable bonds is 6. The summed E-state index contributed by atoms with van der Waals surface area (Å²) in [5.74, 6) is 0.746. The Bertz CT molecular complexity index is 388. The number of hydrogen-bond acceptors (Lipinski definition) is 3. The van der Waals surface area contributed by atoms with Crippen molar-refractivity contribution >= 4 is 11.3 Å². The van der Waals surface area contributed by atoms with Gasteiger partial charge in [0, 0.05) is 5.38 Å². The van der Waals surface area contributed by atoms with Gasteiger partial charge in [-0.2, -0.15) is 0 Å². The van der Waals surface area contributed by atoms with Gasteiger partial charge in [-0.05, 0) is 31.6 Å². The molecule has 1 aromatic rings. The lowest BCUT2D eigenvalue weighted by Crippen LogP contribution is -2.40. The van der Waals surface area contributed by atoms with E-state index in [1.165, 1.54) is 49.2 Å². The second-order valence-electron chi connectivity index (χ2n) is 6.31. The fourth-order valence-electron chi connectivity index (χ4n) is 3.17. The maximum atomic E-state index is 6.61. The molecule has 0 spiro atoms. The minimum atomic E-state index is -0.135. The third kappa shape index (κ3) is 4.03. The Hall–Kier alpha value is -0.410. The summed E-state index contributed by atoms with van der Waals surface area (Å²) in [6, 6.07) is 0. The van der Waals surface area contributed by atoms with Crippen LogP contribution in [0.3, 0.4) is 0 Å². The van der Waals surface area contributed by atoms with Gasteiger partial charge in [0.05, 0.1) is 11.2 Å². The smallest absolute Gasteiger partial charge is 0.113 e. The van der Waals surface area contributed by atoms with E-state index >= 15 is 0 Å². The zero-order chi connectivity index (χ0) is 13.7. The van der Waals surface area contributed by atoms with Crippen LogP contribution in [0, 0.1) is 5.92 Å². The topological polar surface area (TPSA) is 38.9 Å². The van der Waals surface area contributed by atoms with Crippen molar-refractivity contribution in [2.24, 2.45) is 11.7 Å². The van der Waals surface area contributed by atoms with Gasteiger partial charge in [0.25, 0.3) is 0 Å². The summed E-state index contributed by atoms with van der Waals surface area (Å²) in [4.78, 5) is 4.83. The fraction of sp³-hybridized carbons (Fsp3) is 0.812. The third-order valence-electron chi connectivity index (χ3n) is 4.30. The largest absolute Gasteiger partial charge is 0.319 e. The number of thiazole rings is 1. The van der Waals surface area contributed by atoms with E-state index in [1.54, 1.807) is 11.3 Å². The van der Waals surface area contributed by atoms with E-state index in [2.05, 4.69) is 19.2 Å². The van der Waals surface area contributed by atoms with Gasteiger partial charge in [0.2, 0.25) is 0 Å². The average Bonchev–Trinajstić information content (AvgIpc) is 2.84. The minimum absolute atomic E-state index is 0.135. The van der Waals surface area contributed by atoms with Crippen LogP contribution < -0.4 is 5.73 Å². The summed E-state index contributed by atoms with van der Waals surface area (Å²) < 4.78 is 0. The van der Waals surface area contributed by atoms with Gasteiger partial charge >= 0.3 is 0 Å². The Labute approximate surface area is 121 Å². The van der Waals surface area contributed by atoms with E-state index in [4.69, 9.17) is 10.7 Å². The first kappa shape index (κ1) is 15.0. The molecule has 2 atom stereocenters. The normalized spacial score (nSPS) is 27.6. The summed E-state index contributed by atoms with van der Waals surface area (Å²) >= 11 is 1.78. The van der Waals surface area contributed by atoms with Gasteiger partial charge in [-0.3, -0.25) is 0 Å². The molecule has 1 fully saturated rings. The zero-order valence-corrected chi connectivity index (χ0v) is 13.3. The van der Waals surface area contributed by atoms with E-state index in [0.717, 1.165) is 25.2 Å². The van der Waals surface area contributed by atoms with Gasteiger partial charge in [-0.25, -0.2) is 4.98 Å². The van der Waals surface area contributed by atoms with E-state index in [-0.39, 0.29) is 5.54 Å². The fourth-order valence-corrected chi connectivity index (χ4v) is 4.18. The second-order valence-corrected chi connectivity index (χ2v) is 7.17. The summed E-state index contributed by atoms with van der Waals surface area (Å²) in [7, 11) is 0. The first-order valence-electron chi connectivity index (χ1n) is 7.88. The molecule has 1 saturated carbocycles. The van der Waals surface area contributed by atoms with Crippen molar-refractivity contribution in [1.29, 1.82) is 0 Å². The van der Waals surface area contributed by atoms with Crippen LogP contribution in [-0.4, -0.2) is 4.98 Å². The van der Waals surface area contributed by atoms with Crippen LogP contribution in [0.25, 0.3) is 0 Å². The first-order chi connectivity index (χ1) is 9.14. The molecule has 2 nitrogen and oxygen atoms in total. The summed E-state index contributed by atoms with van der Waals surface area (Å²) in [5, 5.41) is 3.42. The van der Waals surface area contributed by atoms with Crippen molar-refractivity contribution in [3.63, 3.8) is 0 Å². The Balaban J connectivity index is 1.92. The van der Waals surface area contributed by atoms with Crippen LogP contribution >= 0.6 is 11.3 Å². The van der Waals surface area contributed by atoms with Crippen LogP contribution in [0.15, 0.2) is 5.38 Å². The van der Waals surface area contributed by atoms with Crippen molar-refractivity contribution in [3.05, 3.63) is 16.1 Å². The Morgan fingerprint density at radius 2 is 2.26 bits per heavy atom. The van der Waals surface area contributed by atoms with Crippen molar-refractivity contribution in [2.75, 3.05) is 0 Å².